The summed E-state index contributed by atoms with van der Waals surface area (Å²) in [5.41, 5.74) is 0.949. The standard InChI is InChI=1S/C16H24BrN4OSi/c1-4-5-6-9-23(3)22-12-14-11-16(21(2)20-14)19-15-10-13(17)7-8-18-15/h7-8,10-11H,4-6,9,12H2,1-3H3,(H,18,19). The van der Waals surface area contributed by atoms with Crippen molar-refractivity contribution >= 4 is 36.6 Å². The molecule has 0 aromatic carbocycles. The minimum Gasteiger partial charge on any atom is -0.411 e. The molecule has 0 unspecified atom stereocenters. The Hall–Kier alpha value is -1.18. The quantitative estimate of drug-likeness (QED) is 0.495. The van der Waals surface area contributed by atoms with Gasteiger partial charge in [-0.15, -0.1) is 0 Å². The number of rotatable bonds is 9. The fourth-order valence-electron chi connectivity index (χ4n) is 2.21. The van der Waals surface area contributed by atoms with Gasteiger partial charge in [-0.2, -0.15) is 5.10 Å². The summed E-state index contributed by atoms with van der Waals surface area (Å²) in [6.45, 7) is 5.04. The number of nitrogens with zero attached hydrogens (tertiary/aromatic N) is 3. The third-order valence-corrected chi connectivity index (χ3v) is 5.70. The van der Waals surface area contributed by atoms with Crippen molar-refractivity contribution < 1.29 is 4.43 Å². The fourth-order valence-corrected chi connectivity index (χ4v) is 3.83. The van der Waals surface area contributed by atoms with Crippen LogP contribution < -0.4 is 5.32 Å². The lowest BCUT2D eigenvalue weighted by atomic mass is 10.3. The van der Waals surface area contributed by atoms with Gasteiger partial charge >= 0.3 is 0 Å². The van der Waals surface area contributed by atoms with E-state index < -0.39 is 9.04 Å². The molecule has 2 heterocycles. The molecule has 0 aliphatic rings. The van der Waals surface area contributed by atoms with Crippen molar-refractivity contribution in [2.24, 2.45) is 7.05 Å². The average molecular weight is 396 g/mol. The Morgan fingerprint density at radius 1 is 1.35 bits per heavy atom. The molecule has 2 rings (SSSR count). The number of anilines is 2. The highest BCUT2D eigenvalue weighted by Gasteiger charge is 2.10. The average Bonchev–Trinajstić information content (AvgIpc) is 2.86. The van der Waals surface area contributed by atoms with Crippen LogP contribution in [0.15, 0.2) is 28.9 Å². The van der Waals surface area contributed by atoms with E-state index >= 15 is 0 Å². The predicted octanol–water partition coefficient (Wildman–Crippen LogP) is 4.65. The first-order chi connectivity index (χ1) is 11.1. The van der Waals surface area contributed by atoms with Crippen LogP contribution in [0.4, 0.5) is 11.6 Å². The van der Waals surface area contributed by atoms with Crippen LogP contribution in [0.1, 0.15) is 31.9 Å². The topological polar surface area (TPSA) is 52.0 Å². The van der Waals surface area contributed by atoms with Gasteiger partial charge in [0.05, 0.1) is 12.3 Å². The molecule has 0 fully saturated rings. The molecule has 0 spiro atoms. The summed E-state index contributed by atoms with van der Waals surface area (Å²) in [6, 6.07) is 7.06. The zero-order valence-electron chi connectivity index (χ0n) is 14.0. The second-order valence-corrected chi connectivity index (χ2v) is 8.68. The zero-order chi connectivity index (χ0) is 16.7. The van der Waals surface area contributed by atoms with Crippen molar-refractivity contribution in [3.05, 3.63) is 34.6 Å². The van der Waals surface area contributed by atoms with Crippen LogP contribution in [0, 0.1) is 0 Å². The molecule has 0 saturated carbocycles. The molecule has 0 aliphatic carbocycles. The van der Waals surface area contributed by atoms with Crippen molar-refractivity contribution in [2.45, 2.75) is 45.4 Å². The Balaban J connectivity index is 1.88. The normalized spacial score (nSPS) is 11.2. The van der Waals surface area contributed by atoms with Gasteiger partial charge in [-0.3, -0.25) is 4.68 Å². The minimum atomic E-state index is -0.715. The summed E-state index contributed by atoms with van der Waals surface area (Å²) in [7, 11) is 1.20. The van der Waals surface area contributed by atoms with Gasteiger partial charge in [0.15, 0.2) is 0 Å². The summed E-state index contributed by atoms with van der Waals surface area (Å²) >= 11 is 3.45. The molecule has 125 valence electrons. The molecule has 5 nitrogen and oxygen atoms in total. The van der Waals surface area contributed by atoms with Crippen molar-refractivity contribution in [1.82, 2.24) is 14.8 Å². The van der Waals surface area contributed by atoms with Gasteiger partial charge in [0, 0.05) is 23.8 Å². The van der Waals surface area contributed by atoms with Gasteiger partial charge < -0.3 is 9.74 Å². The van der Waals surface area contributed by atoms with Crippen LogP contribution in [-0.2, 0) is 18.1 Å². The van der Waals surface area contributed by atoms with Crippen LogP contribution in [0.3, 0.4) is 0 Å². The highest BCUT2D eigenvalue weighted by atomic mass is 79.9. The van der Waals surface area contributed by atoms with Gasteiger partial charge in [-0.05, 0) is 24.7 Å². The van der Waals surface area contributed by atoms with Gasteiger partial charge in [0.2, 0.25) is 9.04 Å². The minimum absolute atomic E-state index is 0.582. The van der Waals surface area contributed by atoms with E-state index in [9.17, 15) is 0 Å². The SMILES string of the molecule is CCCCC[Si](C)OCc1cc(Nc2cc(Br)ccn2)n(C)n1. The van der Waals surface area contributed by atoms with E-state index in [2.05, 4.69) is 44.8 Å². The summed E-state index contributed by atoms with van der Waals surface area (Å²) < 4.78 is 8.80. The Labute approximate surface area is 148 Å². The van der Waals surface area contributed by atoms with Gasteiger partial charge in [-0.25, -0.2) is 4.98 Å². The van der Waals surface area contributed by atoms with E-state index in [0.29, 0.717) is 6.61 Å². The van der Waals surface area contributed by atoms with Crippen LogP contribution in [0.2, 0.25) is 12.6 Å². The summed E-state index contributed by atoms with van der Waals surface area (Å²) in [6.07, 6.45) is 5.58. The number of unbranched alkanes of at least 4 members (excludes halogenated alkanes) is 2. The van der Waals surface area contributed by atoms with Crippen LogP contribution in [0.25, 0.3) is 0 Å². The first-order valence-corrected chi connectivity index (χ1v) is 10.9. The maximum absolute atomic E-state index is 5.99. The van der Waals surface area contributed by atoms with Crippen LogP contribution in [-0.4, -0.2) is 23.8 Å². The Bertz CT molecular complexity index is 620. The van der Waals surface area contributed by atoms with Crippen molar-refractivity contribution in [1.29, 1.82) is 0 Å². The molecule has 0 atom stereocenters. The van der Waals surface area contributed by atoms with Gasteiger partial charge in [0.25, 0.3) is 0 Å². The van der Waals surface area contributed by atoms with E-state index in [-0.39, 0.29) is 0 Å². The third kappa shape index (κ3) is 6.08. The van der Waals surface area contributed by atoms with E-state index in [1.54, 1.807) is 6.20 Å². The third-order valence-electron chi connectivity index (χ3n) is 3.51. The maximum atomic E-state index is 5.99. The zero-order valence-corrected chi connectivity index (χ0v) is 16.6. The lowest BCUT2D eigenvalue weighted by Crippen LogP contribution is -2.13. The summed E-state index contributed by atoms with van der Waals surface area (Å²) in [5, 5.41) is 7.78. The maximum Gasteiger partial charge on any atom is 0.208 e. The summed E-state index contributed by atoms with van der Waals surface area (Å²) in [5.74, 6) is 1.69. The van der Waals surface area contributed by atoms with Crippen molar-refractivity contribution in [3.8, 4) is 0 Å². The van der Waals surface area contributed by atoms with E-state index in [4.69, 9.17) is 4.43 Å². The molecule has 0 amide bonds. The molecule has 2 aromatic heterocycles. The van der Waals surface area contributed by atoms with Gasteiger partial charge in [-0.1, -0.05) is 42.1 Å². The van der Waals surface area contributed by atoms with Crippen LogP contribution >= 0.6 is 15.9 Å². The molecule has 1 N–H and O–H groups in total. The lowest BCUT2D eigenvalue weighted by Gasteiger charge is -2.08. The van der Waals surface area contributed by atoms with E-state index in [0.717, 1.165) is 21.8 Å². The highest BCUT2D eigenvalue weighted by Crippen LogP contribution is 2.19. The first-order valence-electron chi connectivity index (χ1n) is 7.95. The first kappa shape index (κ1) is 18.2. The molecule has 0 saturated heterocycles. The summed E-state index contributed by atoms with van der Waals surface area (Å²) in [4.78, 5) is 4.29. The van der Waals surface area contributed by atoms with Crippen LogP contribution in [0.5, 0.6) is 0 Å². The number of aryl methyl sites for hydroxylation is 1. The monoisotopic (exact) mass is 395 g/mol. The predicted molar refractivity (Wildman–Crippen MR) is 99.2 cm³/mol. The molecule has 0 bridgehead atoms. The number of hydrogen-bond donors (Lipinski definition) is 1. The Kier molecular flexibility index (Phi) is 7.26. The number of aromatic nitrogens is 3. The Morgan fingerprint density at radius 2 is 2.17 bits per heavy atom. The molecule has 0 aliphatic heterocycles. The molecular weight excluding hydrogens is 372 g/mol. The fraction of sp³-hybridized carbons (Fsp3) is 0.500. The van der Waals surface area contributed by atoms with Crippen molar-refractivity contribution in [2.75, 3.05) is 5.32 Å². The van der Waals surface area contributed by atoms with Crippen molar-refractivity contribution in [3.63, 3.8) is 0 Å². The number of pyridine rings is 1. The Morgan fingerprint density at radius 3 is 2.91 bits per heavy atom. The lowest BCUT2D eigenvalue weighted by molar-refractivity contribution is 0.303. The molecular formula is C16H24BrN4OSi. The van der Waals surface area contributed by atoms with E-state index in [1.807, 2.05) is 29.9 Å². The number of halogens is 1. The molecule has 23 heavy (non-hydrogen) atoms. The second kappa shape index (κ2) is 9.20. The number of hydrogen-bond acceptors (Lipinski definition) is 4. The van der Waals surface area contributed by atoms with Gasteiger partial charge in [0.1, 0.15) is 11.6 Å². The van der Waals surface area contributed by atoms with E-state index in [1.165, 1.54) is 25.3 Å². The molecule has 1 radical (unpaired) electrons. The largest absolute Gasteiger partial charge is 0.411 e. The second-order valence-electron chi connectivity index (χ2n) is 5.58. The molecule has 7 heteroatoms. The molecule has 2 aromatic rings. The number of nitrogens with one attached hydrogen (secondary N) is 1. The smallest absolute Gasteiger partial charge is 0.208 e. The highest BCUT2D eigenvalue weighted by molar-refractivity contribution is 9.10.